The van der Waals surface area contributed by atoms with Crippen molar-refractivity contribution in [2.75, 3.05) is 0 Å². The monoisotopic (exact) mass is 228 g/mol. The highest BCUT2D eigenvalue weighted by molar-refractivity contribution is 5.34. The number of rotatable bonds is 3. The Morgan fingerprint density at radius 2 is 1.82 bits per heavy atom. The van der Waals surface area contributed by atoms with E-state index in [1.54, 1.807) is 0 Å². The maximum Gasteiger partial charge on any atom is 0.0596 e. The largest absolute Gasteiger partial charge is 0.269 e. The van der Waals surface area contributed by atoms with Crippen molar-refractivity contribution in [3.63, 3.8) is 0 Å². The maximum absolute atomic E-state index is 4.54. The molecule has 0 N–H and O–H groups in total. The summed E-state index contributed by atoms with van der Waals surface area (Å²) in [5, 5.41) is 4.54. The minimum absolute atomic E-state index is 0.00146. The van der Waals surface area contributed by atoms with Crippen molar-refractivity contribution >= 4 is 0 Å². The van der Waals surface area contributed by atoms with Crippen LogP contribution in [0.1, 0.15) is 37.7 Å². The molecule has 0 atom stereocenters. The molecule has 17 heavy (non-hydrogen) atoms. The normalized spacial score (nSPS) is 11.8. The van der Waals surface area contributed by atoms with Gasteiger partial charge in [0.15, 0.2) is 0 Å². The molecular formula is C15H20N2. The van der Waals surface area contributed by atoms with Crippen LogP contribution in [-0.4, -0.2) is 9.78 Å². The van der Waals surface area contributed by atoms with Crippen LogP contribution in [-0.2, 0) is 12.0 Å². The standard InChI is InChI=1S/C15H20N2/c1-5-17-14(11-12(2)16-17)15(3,4)13-9-7-6-8-10-13/h6-11H,5H2,1-4H3. The lowest BCUT2D eigenvalue weighted by atomic mass is 9.81. The van der Waals surface area contributed by atoms with E-state index in [-0.39, 0.29) is 5.41 Å². The molecule has 0 fully saturated rings. The molecule has 2 rings (SSSR count). The van der Waals surface area contributed by atoms with Crippen molar-refractivity contribution in [3.05, 3.63) is 53.3 Å². The van der Waals surface area contributed by atoms with Gasteiger partial charge in [0.05, 0.1) is 5.69 Å². The first-order valence-electron chi connectivity index (χ1n) is 6.16. The summed E-state index contributed by atoms with van der Waals surface area (Å²) in [5.74, 6) is 0. The van der Waals surface area contributed by atoms with Crippen LogP contribution in [0.3, 0.4) is 0 Å². The van der Waals surface area contributed by atoms with Crippen molar-refractivity contribution in [2.24, 2.45) is 0 Å². The first kappa shape index (κ1) is 11.9. The van der Waals surface area contributed by atoms with E-state index in [1.807, 2.05) is 0 Å². The minimum Gasteiger partial charge on any atom is -0.269 e. The molecule has 2 aromatic rings. The third-order valence-corrected chi connectivity index (χ3v) is 3.34. The molecule has 0 spiro atoms. The zero-order chi connectivity index (χ0) is 12.5. The van der Waals surface area contributed by atoms with Crippen molar-refractivity contribution < 1.29 is 0 Å². The minimum atomic E-state index is -0.00146. The topological polar surface area (TPSA) is 17.8 Å². The summed E-state index contributed by atoms with van der Waals surface area (Å²) < 4.78 is 2.10. The Balaban J connectivity index is 2.51. The average Bonchev–Trinajstić information content (AvgIpc) is 2.72. The molecule has 1 aromatic heterocycles. The van der Waals surface area contributed by atoms with Gasteiger partial charge in [-0.15, -0.1) is 0 Å². The molecule has 0 unspecified atom stereocenters. The number of hydrogen-bond donors (Lipinski definition) is 0. The van der Waals surface area contributed by atoms with Crippen LogP contribution in [0.4, 0.5) is 0 Å². The molecule has 0 aliphatic carbocycles. The summed E-state index contributed by atoms with van der Waals surface area (Å²) in [7, 11) is 0. The lowest BCUT2D eigenvalue weighted by Gasteiger charge is -2.26. The van der Waals surface area contributed by atoms with E-state index >= 15 is 0 Å². The third kappa shape index (κ3) is 2.12. The highest BCUT2D eigenvalue weighted by Gasteiger charge is 2.26. The van der Waals surface area contributed by atoms with Crippen molar-refractivity contribution in [3.8, 4) is 0 Å². The molecular weight excluding hydrogens is 208 g/mol. The molecule has 0 aliphatic heterocycles. The summed E-state index contributed by atoms with van der Waals surface area (Å²) >= 11 is 0. The number of benzene rings is 1. The Kier molecular flexibility index (Phi) is 3.05. The van der Waals surface area contributed by atoms with E-state index in [2.05, 4.69) is 73.9 Å². The summed E-state index contributed by atoms with van der Waals surface area (Å²) in [4.78, 5) is 0. The van der Waals surface area contributed by atoms with E-state index in [0.717, 1.165) is 12.2 Å². The lowest BCUT2D eigenvalue weighted by molar-refractivity contribution is 0.525. The Morgan fingerprint density at radius 1 is 1.18 bits per heavy atom. The molecule has 2 nitrogen and oxygen atoms in total. The maximum atomic E-state index is 4.54. The first-order chi connectivity index (χ1) is 8.05. The van der Waals surface area contributed by atoms with E-state index < -0.39 is 0 Å². The number of nitrogens with zero attached hydrogens (tertiary/aromatic N) is 2. The molecule has 0 radical (unpaired) electrons. The number of aryl methyl sites for hydroxylation is 2. The molecule has 0 aliphatic rings. The predicted molar refractivity (Wildman–Crippen MR) is 71.2 cm³/mol. The Bertz CT molecular complexity index is 495. The third-order valence-electron chi connectivity index (χ3n) is 3.34. The van der Waals surface area contributed by atoms with Crippen LogP contribution in [0.15, 0.2) is 36.4 Å². The molecule has 1 aromatic carbocycles. The number of hydrogen-bond acceptors (Lipinski definition) is 1. The van der Waals surface area contributed by atoms with Crippen LogP contribution < -0.4 is 0 Å². The molecule has 1 heterocycles. The van der Waals surface area contributed by atoms with Crippen molar-refractivity contribution in [1.29, 1.82) is 0 Å². The molecule has 2 heteroatoms. The SMILES string of the molecule is CCn1nc(C)cc1C(C)(C)c1ccccc1. The second-order valence-corrected chi connectivity index (χ2v) is 4.98. The van der Waals surface area contributed by atoms with E-state index in [9.17, 15) is 0 Å². The van der Waals surface area contributed by atoms with Gasteiger partial charge in [-0.2, -0.15) is 5.10 Å². The van der Waals surface area contributed by atoms with Crippen LogP contribution in [0.2, 0.25) is 0 Å². The predicted octanol–water partition coefficient (Wildman–Crippen LogP) is 3.54. The summed E-state index contributed by atoms with van der Waals surface area (Å²) in [5.41, 5.74) is 3.70. The summed E-state index contributed by atoms with van der Waals surface area (Å²) in [6.45, 7) is 9.61. The summed E-state index contributed by atoms with van der Waals surface area (Å²) in [6, 6.07) is 12.8. The molecule has 0 saturated carbocycles. The van der Waals surface area contributed by atoms with Gasteiger partial charge in [0.1, 0.15) is 0 Å². The van der Waals surface area contributed by atoms with E-state index in [1.165, 1.54) is 11.3 Å². The van der Waals surface area contributed by atoms with Crippen molar-refractivity contribution in [1.82, 2.24) is 9.78 Å². The Morgan fingerprint density at radius 3 is 2.41 bits per heavy atom. The molecule has 90 valence electrons. The second-order valence-electron chi connectivity index (χ2n) is 4.98. The lowest BCUT2D eigenvalue weighted by Crippen LogP contribution is -2.23. The van der Waals surface area contributed by atoms with Gasteiger partial charge in [0, 0.05) is 17.7 Å². The molecule has 0 bridgehead atoms. The zero-order valence-corrected chi connectivity index (χ0v) is 11.1. The van der Waals surface area contributed by atoms with Gasteiger partial charge < -0.3 is 0 Å². The first-order valence-corrected chi connectivity index (χ1v) is 6.16. The Labute approximate surface area is 103 Å². The van der Waals surface area contributed by atoms with Gasteiger partial charge in [-0.3, -0.25) is 4.68 Å². The average molecular weight is 228 g/mol. The van der Waals surface area contributed by atoms with Crippen LogP contribution in [0, 0.1) is 6.92 Å². The number of aromatic nitrogens is 2. The fourth-order valence-corrected chi connectivity index (χ4v) is 2.29. The fraction of sp³-hybridized carbons (Fsp3) is 0.400. The molecule has 0 saturated heterocycles. The summed E-state index contributed by atoms with van der Waals surface area (Å²) in [6.07, 6.45) is 0. The van der Waals surface area contributed by atoms with Gasteiger partial charge in [0.2, 0.25) is 0 Å². The highest BCUT2D eigenvalue weighted by atomic mass is 15.3. The van der Waals surface area contributed by atoms with E-state index in [0.29, 0.717) is 0 Å². The Hall–Kier alpha value is -1.57. The highest BCUT2D eigenvalue weighted by Crippen LogP contribution is 2.31. The van der Waals surface area contributed by atoms with Crippen molar-refractivity contribution in [2.45, 2.75) is 39.7 Å². The zero-order valence-electron chi connectivity index (χ0n) is 11.1. The van der Waals surface area contributed by atoms with E-state index in [4.69, 9.17) is 0 Å². The van der Waals surface area contributed by atoms with Crippen LogP contribution >= 0.6 is 0 Å². The van der Waals surface area contributed by atoms with Gasteiger partial charge in [-0.25, -0.2) is 0 Å². The van der Waals surface area contributed by atoms with Gasteiger partial charge >= 0.3 is 0 Å². The van der Waals surface area contributed by atoms with Gasteiger partial charge in [0.25, 0.3) is 0 Å². The smallest absolute Gasteiger partial charge is 0.0596 e. The quantitative estimate of drug-likeness (QED) is 0.785. The molecule has 0 amide bonds. The van der Waals surface area contributed by atoms with Crippen LogP contribution in [0.25, 0.3) is 0 Å². The second kappa shape index (κ2) is 4.36. The fourth-order valence-electron chi connectivity index (χ4n) is 2.29. The van der Waals surface area contributed by atoms with Gasteiger partial charge in [-0.05, 0) is 25.5 Å². The van der Waals surface area contributed by atoms with Gasteiger partial charge in [-0.1, -0.05) is 44.2 Å². The van der Waals surface area contributed by atoms with Crippen LogP contribution in [0.5, 0.6) is 0 Å².